The Morgan fingerprint density at radius 3 is 2.81 bits per heavy atom. The van der Waals surface area contributed by atoms with Crippen LogP contribution in [0, 0.1) is 13.8 Å². The average Bonchev–Trinajstić information content (AvgIpc) is 3.07. The van der Waals surface area contributed by atoms with Crippen LogP contribution in [0.25, 0.3) is 0 Å². The summed E-state index contributed by atoms with van der Waals surface area (Å²) in [5.41, 5.74) is 7.49. The minimum Gasteiger partial charge on any atom is -0.382 e. The second-order valence-electron chi connectivity index (χ2n) is 5.24. The molecule has 1 amide bonds. The van der Waals surface area contributed by atoms with Gasteiger partial charge in [-0.3, -0.25) is 4.79 Å². The van der Waals surface area contributed by atoms with E-state index < -0.39 is 0 Å². The molecule has 0 saturated carbocycles. The summed E-state index contributed by atoms with van der Waals surface area (Å²) in [6.07, 6.45) is 1.81. The highest BCUT2D eigenvalue weighted by Gasteiger charge is 2.34. The van der Waals surface area contributed by atoms with Crippen LogP contribution >= 0.6 is 0 Å². The topological polar surface area (TPSA) is 98.1 Å². The highest BCUT2D eigenvalue weighted by Crippen LogP contribution is 2.32. The van der Waals surface area contributed by atoms with E-state index in [1.807, 2.05) is 11.0 Å². The van der Waals surface area contributed by atoms with Gasteiger partial charge in [-0.15, -0.1) is 5.10 Å². The molecule has 110 valence electrons. The Balaban J connectivity index is 1.90. The van der Waals surface area contributed by atoms with Crippen LogP contribution in [0.3, 0.4) is 0 Å². The van der Waals surface area contributed by atoms with Crippen molar-refractivity contribution in [1.29, 1.82) is 0 Å². The first kappa shape index (κ1) is 13.5. The number of carbonyl (C=O) groups excluding carboxylic acids is 1. The van der Waals surface area contributed by atoms with Crippen molar-refractivity contribution in [3.05, 3.63) is 34.8 Å². The van der Waals surface area contributed by atoms with Crippen LogP contribution in [0.15, 0.2) is 16.7 Å². The molecule has 1 fully saturated rings. The van der Waals surface area contributed by atoms with Gasteiger partial charge in [-0.25, -0.2) is 0 Å². The van der Waals surface area contributed by atoms with Gasteiger partial charge in [0.2, 0.25) is 0 Å². The second-order valence-corrected chi connectivity index (χ2v) is 5.24. The Bertz CT molecular complexity index is 645. The number of anilines is 1. The van der Waals surface area contributed by atoms with Crippen LogP contribution in [0.1, 0.15) is 46.4 Å². The molecule has 1 unspecified atom stereocenters. The molecule has 0 aliphatic carbocycles. The highest BCUT2D eigenvalue weighted by molar-refractivity contribution is 5.96. The number of hydrogen-bond donors (Lipinski definition) is 1. The van der Waals surface area contributed by atoms with Gasteiger partial charge in [0.15, 0.2) is 0 Å². The van der Waals surface area contributed by atoms with Crippen molar-refractivity contribution < 1.29 is 9.32 Å². The first-order valence-electron chi connectivity index (χ1n) is 6.91. The highest BCUT2D eigenvalue weighted by atomic mass is 16.5. The molecule has 2 aromatic heterocycles. The zero-order valence-electron chi connectivity index (χ0n) is 12.0. The van der Waals surface area contributed by atoms with Gasteiger partial charge in [-0.2, -0.15) is 5.10 Å². The fourth-order valence-corrected chi connectivity index (χ4v) is 2.78. The molecule has 7 nitrogen and oxygen atoms in total. The predicted octanol–water partition coefficient (Wildman–Crippen LogP) is 1.64. The Labute approximate surface area is 122 Å². The number of rotatable bonds is 2. The van der Waals surface area contributed by atoms with Crippen molar-refractivity contribution >= 4 is 11.7 Å². The molecule has 1 atom stereocenters. The van der Waals surface area contributed by atoms with Gasteiger partial charge in [-0.1, -0.05) is 5.16 Å². The number of nitrogens with zero attached hydrogens (tertiary/aromatic N) is 4. The average molecular weight is 287 g/mol. The summed E-state index contributed by atoms with van der Waals surface area (Å²) in [7, 11) is 0. The maximum absolute atomic E-state index is 12.8. The lowest BCUT2D eigenvalue weighted by Crippen LogP contribution is -2.31. The molecule has 7 heteroatoms. The molecule has 1 aliphatic rings. The Morgan fingerprint density at radius 2 is 2.19 bits per heavy atom. The minimum absolute atomic E-state index is 0.0626. The lowest BCUT2D eigenvalue weighted by Gasteiger charge is -2.23. The molecule has 0 radical (unpaired) electrons. The quantitative estimate of drug-likeness (QED) is 0.901. The third-order valence-corrected chi connectivity index (χ3v) is 3.81. The first-order valence-corrected chi connectivity index (χ1v) is 6.91. The number of hydrogen-bond acceptors (Lipinski definition) is 6. The molecule has 0 spiro atoms. The van der Waals surface area contributed by atoms with E-state index in [4.69, 9.17) is 10.3 Å². The standard InChI is InChI=1S/C14H17N5O2/c1-8-13(9(2)21-18-8)14(20)19-7-3-4-11(19)10-5-6-12(15)17-16-10/h5-6,11H,3-4,7H2,1-2H3,(H2,15,17). The molecule has 2 N–H and O–H groups in total. The van der Waals surface area contributed by atoms with Crippen LogP contribution in [-0.4, -0.2) is 32.7 Å². The van der Waals surface area contributed by atoms with E-state index in [1.165, 1.54) is 0 Å². The van der Waals surface area contributed by atoms with E-state index in [-0.39, 0.29) is 11.9 Å². The van der Waals surface area contributed by atoms with E-state index in [9.17, 15) is 4.79 Å². The largest absolute Gasteiger partial charge is 0.382 e. The van der Waals surface area contributed by atoms with Gasteiger partial charge in [0, 0.05) is 6.54 Å². The van der Waals surface area contributed by atoms with Crippen molar-refractivity contribution in [2.45, 2.75) is 32.7 Å². The molecule has 0 bridgehead atoms. The van der Waals surface area contributed by atoms with Crippen molar-refractivity contribution in [1.82, 2.24) is 20.3 Å². The number of carbonyl (C=O) groups is 1. The number of likely N-dealkylation sites (tertiary alicyclic amines) is 1. The third kappa shape index (κ3) is 2.35. The molecule has 2 aromatic rings. The Morgan fingerprint density at radius 1 is 1.38 bits per heavy atom. The lowest BCUT2D eigenvalue weighted by molar-refractivity contribution is 0.0730. The van der Waals surface area contributed by atoms with Crippen LogP contribution in [0.2, 0.25) is 0 Å². The molecule has 1 saturated heterocycles. The Kier molecular flexibility index (Phi) is 3.32. The number of amides is 1. The van der Waals surface area contributed by atoms with Gasteiger partial charge in [-0.05, 0) is 38.8 Å². The van der Waals surface area contributed by atoms with E-state index in [2.05, 4.69) is 15.4 Å². The number of aryl methyl sites for hydroxylation is 2. The number of aromatic nitrogens is 3. The van der Waals surface area contributed by atoms with Gasteiger partial charge in [0.1, 0.15) is 17.1 Å². The summed E-state index contributed by atoms with van der Waals surface area (Å²) < 4.78 is 5.09. The zero-order chi connectivity index (χ0) is 15.0. The molecule has 21 heavy (non-hydrogen) atoms. The molecule has 3 heterocycles. The van der Waals surface area contributed by atoms with E-state index in [1.54, 1.807) is 19.9 Å². The second kappa shape index (κ2) is 5.16. The van der Waals surface area contributed by atoms with Gasteiger partial charge >= 0.3 is 0 Å². The fourth-order valence-electron chi connectivity index (χ4n) is 2.78. The number of nitrogens with two attached hydrogens (primary N) is 1. The summed E-state index contributed by atoms with van der Waals surface area (Å²) in [5, 5.41) is 11.8. The fraction of sp³-hybridized carbons (Fsp3) is 0.429. The minimum atomic E-state index is -0.0701. The summed E-state index contributed by atoms with van der Waals surface area (Å²) >= 11 is 0. The van der Waals surface area contributed by atoms with Crippen molar-refractivity contribution in [2.75, 3.05) is 12.3 Å². The van der Waals surface area contributed by atoms with Crippen molar-refractivity contribution in [3.63, 3.8) is 0 Å². The van der Waals surface area contributed by atoms with Crippen LogP contribution in [-0.2, 0) is 0 Å². The van der Waals surface area contributed by atoms with Crippen LogP contribution < -0.4 is 5.73 Å². The van der Waals surface area contributed by atoms with Gasteiger partial charge in [0.05, 0.1) is 17.4 Å². The predicted molar refractivity (Wildman–Crippen MR) is 75.4 cm³/mol. The van der Waals surface area contributed by atoms with Gasteiger partial charge < -0.3 is 15.2 Å². The molecular formula is C14H17N5O2. The SMILES string of the molecule is Cc1noc(C)c1C(=O)N1CCCC1c1ccc(N)nn1. The van der Waals surface area contributed by atoms with E-state index in [0.29, 0.717) is 29.4 Å². The Hall–Kier alpha value is -2.44. The first-order chi connectivity index (χ1) is 10.1. The molecule has 0 aromatic carbocycles. The van der Waals surface area contributed by atoms with Gasteiger partial charge in [0.25, 0.3) is 5.91 Å². The molecular weight excluding hydrogens is 270 g/mol. The normalized spacial score (nSPS) is 18.2. The maximum Gasteiger partial charge on any atom is 0.259 e. The zero-order valence-corrected chi connectivity index (χ0v) is 12.0. The summed E-state index contributed by atoms with van der Waals surface area (Å²) in [4.78, 5) is 14.6. The lowest BCUT2D eigenvalue weighted by atomic mass is 10.1. The molecule has 1 aliphatic heterocycles. The van der Waals surface area contributed by atoms with Crippen LogP contribution in [0.4, 0.5) is 5.82 Å². The van der Waals surface area contributed by atoms with E-state index in [0.717, 1.165) is 18.5 Å². The molecule has 3 rings (SSSR count). The summed E-state index contributed by atoms with van der Waals surface area (Å²) in [6, 6.07) is 3.46. The van der Waals surface area contributed by atoms with Crippen molar-refractivity contribution in [2.24, 2.45) is 0 Å². The summed E-state index contributed by atoms with van der Waals surface area (Å²) in [5.74, 6) is 0.860. The monoisotopic (exact) mass is 287 g/mol. The van der Waals surface area contributed by atoms with Crippen molar-refractivity contribution in [3.8, 4) is 0 Å². The van der Waals surface area contributed by atoms with Crippen LogP contribution in [0.5, 0.6) is 0 Å². The summed E-state index contributed by atoms with van der Waals surface area (Å²) in [6.45, 7) is 4.22. The number of nitrogen functional groups attached to an aromatic ring is 1. The maximum atomic E-state index is 12.8. The smallest absolute Gasteiger partial charge is 0.259 e. The third-order valence-electron chi connectivity index (χ3n) is 3.81. The van der Waals surface area contributed by atoms with E-state index >= 15 is 0 Å².